The summed E-state index contributed by atoms with van der Waals surface area (Å²) < 4.78 is 0. The molecule has 25 heavy (non-hydrogen) atoms. The SMILES string of the molecule is O=c1[nH]c2cc(Cl)ccc2c(O)c1-c1ccc(Cc2ccccc2)s1. The van der Waals surface area contributed by atoms with Crippen molar-refractivity contribution in [2.24, 2.45) is 0 Å². The molecule has 0 unspecified atom stereocenters. The van der Waals surface area contributed by atoms with Crippen molar-refractivity contribution in [1.82, 2.24) is 4.98 Å². The smallest absolute Gasteiger partial charge is 0.260 e. The minimum atomic E-state index is -0.319. The number of thiophene rings is 1. The van der Waals surface area contributed by atoms with Gasteiger partial charge in [-0.3, -0.25) is 4.79 Å². The molecule has 0 bridgehead atoms. The van der Waals surface area contributed by atoms with Crippen LogP contribution in [-0.4, -0.2) is 10.1 Å². The van der Waals surface area contributed by atoms with E-state index in [4.69, 9.17) is 11.6 Å². The summed E-state index contributed by atoms with van der Waals surface area (Å²) in [5.41, 5.74) is 1.72. The van der Waals surface area contributed by atoms with Crippen LogP contribution in [0.25, 0.3) is 21.3 Å². The molecule has 0 aliphatic heterocycles. The lowest BCUT2D eigenvalue weighted by atomic mass is 10.1. The lowest BCUT2D eigenvalue weighted by molar-refractivity contribution is 0.482. The second kappa shape index (κ2) is 6.39. The number of hydrogen-bond acceptors (Lipinski definition) is 3. The first-order valence-electron chi connectivity index (χ1n) is 7.79. The fraction of sp³-hybridized carbons (Fsp3) is 0.0500. The molecule has 2 aromatic heterocycles. The molecule has 4 aromatic rings. The Kier molecular flexibility index (Phi) is 4.07. The maximum absolute atomic E-state index is 12.5. The minimum absolute atomic E-state index is 0.0106. The van der Waals surface area contributed by atoms with Gasteiger partial charge in [-0.05, 0) is 35.9 Å². The zero-order chi connectivity index (χ0) is 17.4. The van der Waals surface area contributed by atoms with Crippen LogP contribution in [0.3, 0.4) is 0 Å². The Morgan fingerprint density at radius 1 is 1.04 bits per heavy atom. The van der Waals surface area contributed by atoms with Gasteiger partial charge in [-0.25, -0.2) is 0 Å². The third kappa shape index (κ3) is 3.06. The zero-order valence-corrected chi connectivity index (χ0v) is 14.7. The average Bonchev–Trinajstić information content (AvgIpc) is 3.03. The van der Waals surface area contributed by atoms with E-state index in [-0.39, 0.29) is 11.3 Å². The molecular formula is C20H14ClNO2S. The number of fused-ring (bicyclic) bond motifs is 1. The van der Waals surface area contributed by atoms with Gasteiger partial charge in [0.25, 0.3) is 5.56 Å². The Morgan fingerprint density at radius 2 is 1.84 bits per heavy atom. The van der Waals surface area contributed by atoms with Gasteiger partial charge in [0.05, 0.1) is 11.1 Å². The number of benzene rings is 2. The Labute approximate surface area is 153 Å². The van der Waals surface area contributed by atoms with Crippen LogP contribution in [0.5, 0.6) is 5.75 Å². The van der Waals surface area contributed by atoms with Crippen LogP contribution < -0.4 is 5.56 Å². The molecule has 0 saturated heterocycles. The van der Waals surface area contributed by atoms with Gasteiger partial charge >= 0.3 is 0 Å². The van der Waals surface area contributed by atoms with Crippen LogP contribution in [0.4, 0.5) is 0 Å². The van der Waals surface area contributed by atoms with E-state index in [9.17, 15) is 9.90 Å². The van der Waals surface area contributed by atoms with Gasteiger partial charge in [0.1, 0.15) is 5.75 Å². The number of rotatable bonds is 3. The molecule has 0 aliphatic rings. The van der Waals surface area contributed by atoms with E-state index in [0.29, 0.717) is 21.5 Å². The van der Waals surface area contributed by atoms with E-state index in [2.05, 4.69) is 17.1 Å². The second-order valence-corrected chi connectivity index (χ2v) is 7.40. The lowest BCUT2D eigenvalue weighted by Gasteiger charge is -2.06. The molecular weight excluding hydrogens is 354 g/mol. The largest absolute Gasteiger partial charge is 0.506 e. The number of nitrogens with one attached hydrogen (secondary N) is 1. The van der Waals surface area contributed by atoms with Gasteiger partial charge in [-0.2, -0.15) is 0 Å². The average molecular weight is 368 g/mol. The maximum atomic E-state index is 12.5. The highest BCUT2D eigenvalue weighted by Crippen LogP contribution is 2.36. The number of aromatic amines is 1. The first-order chi connectivity index (χ1) is 12.1. The van der Waals surface area contributed by atoms with Gasteiger partial charge in [0, 0.05) is 26.6 Å². The first kappa shape index (κ1) is 15.9. The highest BCUT2D eigenvalue weighted by atomic mass is 35.5. The molecule has 0 spiro atoms. The second-order valence-electron chi connectivity index (χ2n) is 5.80. The highest BCUT2D eigenvalue weighted by molar-refractivity contribution is 7.15. The summed E-state index contributed by atoms with van der Waals surface area (Å²) in [6.45, 7) is 0. The van der Waals surface area contributed by atoms with Crippen LogP contribution in [0, 0.1) is 0 Å². The Morgan fingerprint density at radius 3 is 2.64 bits per heavy atom. The molecule has 5 heteroatoms. The molecule has 2 N–H and O–H groups in total. The molecule has 0 radical (unpaired) electrons. The molecule has 0 amide bonds. The summed E-state index contributed by atoms with van der Waals surface area (Å²) in [4.78, 5) is 17.2. The van der Waals surface area contributed by atoms with Gasteiger partial charge in [0.15, 0.2) is 0 Å². The molecule has 2 aromatic carbocycles. The van der Waals surface area contributed by atoms with Crippen LogP contribution in [0.2, 0.25) is 5.02 Å². The number of aromatic hydroxyl groups is 1. The monoisotopic (exact) mass is 367 g/mol. The van der Waals surface area contributed by atoms with E-state index >= 15 is 0 Å². The van der Waals surface area contributed by atoms with Crippen molar-refractivity contribution in [3.63, 3.8) is 0 Å². The van der Waals surface area contributed by atoms with E-state index < -0.39 is 0 Å². The molecule has 0 fully saturated rings. The molecule has 124 valence electrons. The predicted octanol–water partition coefficient (Wildman–Crippen LogP) is 5.21. The van der Waals surface area contributed by atoms with Crippen molar-refractivity contribution in [3.8, 4) is 16.2 Å². The summed E-state index contributed by atoms with van der Waals surface area (Å²) in [6, 6.07) is 19.1. The summed E-state index contributed by atoms with van der Waals surface area (Å²) in [5.74, 6) is -0.0106. The maximum Gasteiger partial charge on any atom is 0.260 e. The summed E-state index contributed by atoms with van der Waals surface area (Å²) in [6.07, 6.45) is 0.799. The molecule has 0 atom stereocenters. The quantitative estimate of drug-likeness (QED) is 0.522. The van der Waals surface area contributed by atoms with Crippen LogP contribution in [-0.2, 0) is 6.42 Å². The summed E-state index contributed by atoms with van der Waals surface area (Å²) in [5, 5.41) is 11.7. The number of hydrogen-bond donors (Lipinski definition) is 2. The van der Waals surface area contributed by atoms with Crippen molar-refractivity contribution in [2.45, 2.75) is 6.42 Å². The van der Waals surface area contributed by atoms with Crippen molar-refractivity contribution >= 4 is 33.8 Å². The topological polar surface area (TPSA) is 53.1 Å². The third-order valence-electron chi connectivity index (χ3n) is 4.08. The molecule has 0 aliphatic carbocycles. The van der Waals surface area contributed by atoms with Crippen molar-refractivity contribution < 1.29 is 5.11 Å². The minimum Gasteiger partial charge on any atom is -0.506 e. The van der Waals surface area contributed by atoms with Crippen LogP contribution >= 0.6 is 22.9 Å². The van der Waals surface area contributed by atoms with Crippen molar-refractivity contribution in [1.29, 1.82) is 0 Å². The number of halogens is 1. The summed E-state index contributed by atoms with van der Waals surface area (Å²) in [7, 11) is 0. The number of aromatic nitrogens is 1. The van der Waals surface area contributed by atoms with Gasteiger partial charge in [-0.15, -0.1) is 11.3 Å². The third-order valence-corrected chi connectivity index (χ3v) is 5.42. The predicted molar refractivity (Wildman–Crippen MR) is 104 cm³/mol. The van der Waals surface area contributed by atoms with Gasteiger partial charge in [-0.1, -0.05) is 41.9 Å². The van der Waals surface area contributed by atoms with Crippen LogP contribution in [0.1, 0.15) is 10.4 Å². The normalized spacial score (nSPS) is 11.1. The Bertz CT molecular complexity index is 1120. The zero-order valence-electron chi connectivity index (χ0n) is 13.1. The van der Waals surface area contributed by atoms with E-state index in [1.165, 1.54) is 16.9 Å². The standard InChI is InChI=1S/C20H14ClNO2S/c21-13-6-8-15-16(11-13)22-20(24)18(19(15)23)17-9-7-14(25-17)10-12-4-2-1-3-5-12/h1-9,11H,10H2,(H2,22,23,24). The van der Waals surface area contributed by atoms with E-state index in [1.54, 1.807) is 18.2 Å². The molecule has 3 nitrogen and oxygen atoms in total. The number of H-pyrrole nitrogens is 1. The van der Waals surface area contributed by atoms with Crippen molar-refractivity contribution in [2.75, 3.05) is 0 Å². The van der Waals surface area contributed by atoms with Gasteiger partial charge in [0.2, 0.25) is 0 Å². The van der Waals surface area contributed by atoms with E-state index in [1.807, 2.05) is 30.3 Å². The first-order valence-corrected chi connectivity index (χ1v) is 8.99. The lowest BCUT2D eigenvalue weighted by Crippen LogP contribution is -2.08. The van der Waals surface area contributed by atoms with E-state index in [0.717, 1.165) is 16.2 Å². The van der Waals surface area contributed by atoms with Crippen molar-refractivity contribution in [3.05, 3.63) is 86.5 Å². The highest BCUT2D eigenvalue weighted by Gasteiger charge is 2.16. The van der Waals surface area contributed by atoms with Gasteiger partial charge < -0.3 is 10.1 Å². The van der Waals surface area contributed by atoms with Crippen LogP contribution in [0.15, 0.2) is 65.5 Å². The molecule has 2 heterocycles. The Hall–Kier alpha value is -2.56. The fourth-order valence-electron chi connectivity index (χ4n) is 2.89. The Balaban J connectivity index is 1.78. The molecule has 4 rings (SSSR count). The number of pyridine rings is 1. The summed E-state index contributed by atoms with van der Waals surface area (Å²) >= 11 is 7.47. The fourth-order valence-corrected chi connectivity index (χ4v) is 4.14. The molecule has 0 saturated carbocycles.